The fraction of sp³-hybridized carbons (Fsp3) is 0.350. The first-order valence-corrected chi connectivity index (χ1v) is 9.37. The summed E-state index contributed by atoms with van der Waals surface area (Å²) in [6, 6.07) is 12.8. The third kappa shape index (κ3) is 4.12. The van der Waals surface area contributed by atoms with Crippen LogP contribution in [0.5, 0.6) is 17.2 Å². The quantitative estimate of drug-likeness (QED) is 0.788. The molecule has 6 nitrogen and oxygen atoms in total. The van der Waals surface area contributed by atoms with Crippen LogP contribution in [0.4, 0.5) is 0 Å². The molecular weight excluding hydrogens is 368 g/mol. The van der Waals surface area contributed by atoms with Crippen molar-refractivity contribution in [1.29, 1.82) is 0 Å². The fourth-order valence-electron chi connectivity index (χ4n) is 3.27. The number of halogens is 1. The Morgan fingerprint density at radius 1 is 1.04 bits per heavy atom. The first-order chi connectivity index (χ1) is 13.2. The van der Waals surface area contributed by atoms with E-state index < -0.39 is 0 Å². The summed E-state index contributed by atoms with van der Waals surface area (Å²) in [4.78, 5) is 17.0. The molecule has 0 aliphatic carbocycles. The molecule has 2 heterocycles. The monoisotopic (exact) mass is 388 g/mol. The fourth-order valence-corrected chi connectivity index (χ4v) is 3.39. The Hall–Kier alpha value is -2.44. The molecule has 7 heteroatoms. The third-order valence-electron chi connectivity index (χ3n) is 4.78. The number of carbonyl (C=O) groups is 1. The van der Waals surface area contributed by atoms with Crippen LogP contribution in [0, 0.1) is 0 Å². The Morgan fingerprint density at radius 3 is 2.59 bits per heavy atom. The number of hydrogen-bond donors (Lipinski definition) is 0. The van der Waals surface area contributed by atoms with E-state index in [1.807, 2.05) is 41.3 Å². The Morgan fingerprint density at radius 2 is 1.81 bits per heavy atom. The second-order valence-corrected chi connectivity index (χ2v) is 6.91. The van der Waals surface area contributed by atoms with Gasteiger partial charge in [-0.25, -0.2) is 0 Å². The van der Waals surface area contributed by atoms with Gasteiger partial charge in [0.2, 0.25) is 6.79 Å². The first kappa shape index (κ1) is 17.9. The van der Waals surface area contributed by atoms with Crippen LogP contribution < -0.4 is 14.2 Å². The summed E-state index contributed by atoms with van der Waals surface area (Å²) < 4.78 is 16.6. The SMILES string of the molecule is O=C(c1cccc2c1OCO2)N1CCN(CCOc2ccc(Cl)cc2)CC1. The summed E-state index contributed by atoms with van der Waals surface area (Å²) >= 11 is 5.87. The van der Waals surface area contributed by atoms with Crippen molar-refractivity contribution in [3.8, 4) is 17.2 Å². The van der Waals surface area contributed by atoms with E-state index >= 15 is 0 Å². The van der Waals surface area contributed by atoms with Crippen molar-refractivity contribution in [2.75, 3.05) is 46.1 Å². The minimum atomic E-state index is -0.00517. The van der Waals surface area contributed by atoms with Gasteiger partial charge in [0.25, 0.3) is 5.91 Å². The number of rotatable bonds is 5. The zero-order valence-corrected chi connectivity index (χ0v) is 15.7. The molecule has 0 radical (unpaired) electrons. The van der Waals surface area contributed by atoms with Crippen molar-refractivity contribution in [2.45, 2.75) is 0 Å². The Kier molecular flexibility index (Phi) is 5.36. The number of amides is 1. The lowest BCUT2D eigenvalue weighted by atomic mass is 10.1. The van der Waals surface area contributed by atoms with Gasteiger partial charge >= 0.3 is 0 Å². The van der Waals surface area contributed by atoms with Crippen LogP contribution in [0.25, 0.3) is 0 Å². The van der Waals surface area contributed by atoms with E-state index in [9.17, 15) is 4.79 Å². The highest BCUT2D eigenvalue weighted by molar-refractivity contribution is 6.30. The predicted octanol–water partition coefficient (Wildman–Crippen LogP) is 2.91. The molecule has 0 unspecified atom stereocenters. The molecule has 1 fully saturated rings. The van der Waals surface area contributed by atoms with Crippen LogP contribution in [0.1, 0.15) is 10.4 Å². The summed E-state index contributed by atoms with van der Waals surface area (Å²) in [6.07, 6.45) is 0. The lowest BCUT2D eigenvalue weighted by molar-refractivity contribution is 0.0616. The van der Waals surface area contributed by atoms with E-state index in [-0.39, 0.29) is 12.7 Å². The number of hydrogen-bond acceptors (Lipinski definition) is 5. The first-order valence-electron chi connectivity index (χ1n) is 8.99. The van der Waals surface area contributed by atoms with Crippen molar-refractivity contribution < 1.29 is 19.0 Å². The van der Waals surface area contributed by atoms with Crippen molar-refractivity contribution in [2.24, 2.45) is 0 Å². The Bertz CT molecular complexity index is 804. The van der Waals surface area contributed by atoms with Gasteiger partial charge in [0.15, 0.2) is 11.5 Å². The van der Waals surface area contributed by atoms with Crippen molar-refractivity contribution in [3.05, 3.63) is 53.1 Å². The van der Waals surface area contributed by atoms with Gasteiger partial charge < -0.3 is 19.1 Å². The second-order valence-electron chi connectivity index (χ2n) is 6.48. The van der Waals surface area contributed by atoms with E-state index in [4.69, 9.17) is 25.8 Å². The standard InChI is InChI=1S/C20H21ClN2O4/c21-15-4-6-16(7-5-15)25-13-12-22-8-10-23(11-9-22)20(24)17-2-1-3-18-19(17)27-14-26-18/h1-7H,8-14H2. The lowest BCUT2D eigenvalue weighted by Gasteiger charge is -2.34. The molecule has 0 aromatic heterocycles. The Balaban J connectivity index is 1.26. The van der Waals surface area contributed by atoms with Gasteiger partial charge in [0, 0.05) is 37.7 Å². The molecule has 1 saturated heterocycles. The summed E-state index contributed by atoms with van der Waals surface area (Å²) in [5, 5.41) is 0.698. The van der Waals surface area contributed by atoms with Crippen molar-refractivity contribution in [3.63, 3.8) is 0 Å². The van der Waals surface area contributed by atoms with Gasteiger partial charge in [-0.2, -0.15) is 0 Å². The van der Waals surface area contributed by atoms with E-state index in [0.717, 1.165) is 25.4 Å². The van der Waals surface area contributed by atoms with Crippen LogP contribution in [0.2, 0.25) is 5.02 Å². The minimum Gasteiger partial charge on any atom is -0.492 e. The maximum Gasteiger partial charge on any atom is 0.257 e. The summed E-state index contributed by atoms with van der Waals surface area (Å²) in [5.41, 5.74) is 0.574. The lowest BCUT2D eigenvalue weighted by Crippen LogP contribution is -2.49. The van der Waals surface area contributed by atoms with Gasteiger partial charge in [-0.1, -0.05) is 17.7 Å². The molecule has 0 spiro atoms. The zero-order chi connectivity index (χ0) is 18.6. The molecule has 0 N–H and O–H groups in total. The highest BCUT2D eigenvalue weighted by atomic mass is 35.5. The highest BCUT2D eigenvalue weighted by Gasteiger charge is 2.27. The van der Waals surface area contributed by atoms with Crippen LogP contribution in [0.15, 0.2) is 42.5 Å². The minimum absolute atomic E-state index is 0.00517. The van der Waals surface area contributed by atoms with Gasteiger partial charge in [-0.3, -0.25) is 9.69 Å². The van der Waals surface area contributed by atoms with Crippen LogP contribution in [-0.4, -0.2) is 61.8 Å². The summed E-state index contributed by atoms with van der Waals surface area (Å²) in [6.45, 7) is 4.61. The van der Waals surface area contributed by atoms with Crippen LogP contribution in [-0.2, 0) is 0 Å². The van der Waals surface area contributed by atoms with E-state index in [2.05, 4.69) is 4.90 Å². The molecule has 1 amide bonds. The van der Waals surface area contributed by atoms with Crippen LogP contribution in [0.3, 0.4) is 0 Å². The average molecular weight is 389 g/mol. The maximum atomic E-state index is 12.8. The predicted molar refractivity (Wildman–Crippen MR) is 102 cm³/mol. The van der Waals surface area contributed by atoms with E-state index in [1.165, 1.54) is 0 Å². The molecule has 2 aromatic rings. The summed E-state index contributed by atoms with van der Waals surface area (Å²) in [5.74, 6) is 2.00. The molecule has 27 heavy (non-hydrogen) atoms. The number of para-hydroxylation sites is 1. The molecule has 2 aliphatic rings. The molecule has 0 atom stereocenters. The number of benzene rings is 2. The molecule has 2 aromatic carbocycles. The van der Waals surface area contributed by atoms with Crippen molar-refractivity contribution >= 4 is 17.5 Å². The average Bonchev–Trinajstić information content (AvgIpc) is 3.18. The normalized spacial score (nSPS) is 16.4. The molecular formula is C20H21ClN2O4. The second kappa shape index (κ2) is 8.06. The number of piperazine rings is 1. The largest absolute Gasteiger partial charge is 0.492 e. The maximum absolute atomic E-state index is 12.8. The number of carbonyl (C=O) groups excluding carboxylic acids is 1. The third-order valence-corrected chi connectivity index (χ3v) is 5.03. The molecule has 4 rings (SSSR count). The smallest absolute Gasteiger partial charge is 0.257 e. The highest BCUT2D eigenvalue weighted by Crippen LogP contribution is 2.36. The zero-order valence-electron chi connectivity index (χ0n) is 14.9. The van der Waals surface area contributed by atoms with Crippen LogP contribution >= 0.6 is 11.6 Å². The number of nitrogens with zero attached hydrogens (tertiary/aromatic N) is 2. The number of fused-ring (bicyclic) bond motifs is 1. The molecule has 2 aliphatic heterocycles. The van der Waals surface area contributed by atoms with Crippen molar-refractivity contribution in [1.82, 2.24) is 9.80 Å². The Labute approximate surface area is 163 Å². The topological polar surface area (TPSA) is 51.2 Å². The van der Waals surface area contributed by atoms with Gasteiger partial charge in [-0.15, -0.1) is 0 Å². The summed E-state index contributed by atoms with van der Waals surface area (Å²) in [7, 11) is 0. The van der Waals surface area contributed by atoms with E-state index in [1.54, 1.807) is 6.07 Å². The molecule has 142 valence electrons. The van der Waals surface area contributed by atoms with E-state index in [0.29, 0.717) is 41.8 Å². The van der Waals surface area contributed by atoms with Gasteiger partial charge in [0.1, 0.15) is 12.4 Å². The number of ether oxygens (including phenoxy) is 3. The molecule has 0 saturated carbocycles. The molecule has 0 bridgehead atoms. The van der Waals surface area contributed by atoms with Gasteiger partial charge in [-0.05, 0) is 36.4 Å². The van der Waals surface area contributed by atoms with Gasteiger partial charge in [0.05, 0.1) is 5.56 Å².